The van der Waals surface area contributed by atoms with E-state index in [2.05, 4.69) is 17.2 Å². The zero-order chi connectivity index (χ0) is 15.0. The summed E-state index contributed by atoms with van der Waals surface area (Å²) in [6, 6.07) is 6.81. The zero-order valence-electron chi connectivity index (χ0n) is 10.6. The third-order valence-corrected chi connectivity index (χ3v) is 2.25. The van der Waals surface area contributed by atoms with Gasteiger partial charge in [-0.25, -0.2) is 0 Å². The van der Waals surface area contributed by atoms with Crippen LogP contribution in [0, 0.1) is 11.8 Å². The van der Waals surface area contributed by atoms with E-state index in [0.717, 1.165) is 0 Å². The predicted octanol–water partition coefficient (Wildman–Crippen LogP) is 1.99. The van der Waals surface area contributed by atoms with Gasteiger partial charge in [-0.05, 0) is 17.7 Å². The number of hydrogen-bond acceptors (Lipinski definition) is 2. The van der Waals surface area contributed by atoms with E-state index < -0.39 is 18.5 Å². The van der Waals surface area contributed by atoms with Gasteiger partial charge in [0.25, 0.3) is 0 Å². The second-order valence-electron chi connectivity index (χ2n) is 4.04. The van der Waals surface area contributed by atoms with Gasteiger partial charge in [0.1, 0.15) is 6.42 Å². The van der Waals surface area contributed by atoms with Gasteiger partial charge < -0.3 is 10.4 Å². The molecule has 20 heavy (non-hydrogen) atoms. The van der Waals surface area contributed by atoms with Gasteiger partial charge in [0, 0.05) is 18.5 Å². The molecule has 0 saturated heterocycles. The molecule has 1 aromatic rings. The summed E-state index contributed by atoms with van der Waals surface area (Å²) < 4.78 is 35.9. The Bertz CT molecular complexity index is 515. The first-order valence-electron chi connectivity index (χ1n) is 5.93. The molecule has 0 spiro atoms. The molecule has 0 heterocycles. The van der Waals surface area contributed by atoms with Gasteiger partial charge in [-0.2, -0.15) is 13.2 Å². The summed E-state index contributed by atoms with van der Waals surface area (Å²) >= 11 is 0. The van der Waals surface area contributed by atoms with Crippen LogP contribution in [0.1, 0.15) is 24.0 Å². The summed E-state index contributed by atoms with van der Waals surface area (Å²) in [6.07, 6.45) is -5.63. The number of carbonyl (C=O) groups is 1. The monoisotopic (exact) mass is 285 g/mol. The second kappa shape index (κ2) is 7.56. The Balaban J connectivity index is 2.55. The van der Waals surface area contributed by atoms with Gasteiger partial charge in [-0.1, -0.05) is 24.0 Å². The molecule has 0 aliphatic carbocycles. The number of halogens is 3. The number of benzene rings is 1. The summed E-state index contributed by atoms with van der Waals surface area (Å²) in [6.45, 7) is -0.00930. The number of carbonyl (C=O) groups excluding carboxylic acids is 1. The maximum Gasteiger partial charge on any atom is 0.397 e. The molecular formula is C14H14F3NO2. The van der Waals surface area contributed by atoms with E-state index in [1.165, 1.54) is 0 Å². The van der Waals surface area contributed by atoms with Crippen LogP contribution in [0.5, 0.6) is 0 Å². The lowest BCUT2D eigenvalue weighted by Crippen LogP contribution is -2.28. The van der Waals surface area contributed by atoms with Crippen molar-refractivity contribution in [1.29, 1.82) is 0 Å². The Labute approximate surface area is 114 Å². The number of aliphatic hydroxyl groups is 1. The highest BCUT2D eigenvalue weighted by Gasteiger charge is 2.30. The van der Waals surface area contributed by atoms with E-state index in [-0.39, 0.29) is 13.2 Å². The minimum atomic E-state index is -4.50. The molecule has 0 aliphatic rings. The van der Waals surface area contributed by atoms with Crippen LogP contribution in [0.4, 0.5) is 13.2 Å². The number of amides is 1. The van der Waals surface area contributed by atoms with Gasteiger partial charge in [0.2, 0.25) is 5.91 Å². The summed E-state index contributed by atoms with van der Waals surface area (Å²) in [5.74, 6) is 4.49. The highest BCUT2D eigenvalue weighted by atomic mass is 19.4. The van der Waals surface area contributed by atoms with Crippen LogP contribution in [-0.4, -0.2) is 23.8 Å². The fourth-order valence-corrected chi connectivity index (χ4v) is 1.42. The Morgan fingerprint density at radius 3 is 2.75 bits per heavy atom. The molecule has 0 atom stereocenters. The van der Waals surface area contributed by atoms with Crippen molar-refractivity contribution in [2.75, 3.05) is 6.61 Å². The molecule has 0 aromatic heterocycles. The second-order valence-corrected chi connectivity index (χ2v) is 4.04. The molecule has 0 aliphatic heterocycles. The van der Waals surface area contributed by atoms with Crippen LogP contribution in [0.3, 0.4) is 0 Å². The summed E-state index contributed by atoms with van der Waals surface area (Å²) in [5, 5.41) is 10.8. The average Bonchev–Trinajstić information content (AvgIpc) is 2.35. The van der Waals surface area contributed by atoms with Crippen molar-refractivity contribution in [2.45, 2.75) is 25.6 Å². The van der Waals surface area contributed by atoms with Crippen molar-refractivity contribution in [3.8, 4) is 11.8 Å². The molecule has 0 saturated carbocycles. The molecule has 0 radical (unpaired) electrons. The van der Waals surface area contributed by atoms with Crippen LogP contribution >= 0.6 is 0 Å². The lowest BCUT2D eigenvalue weighted by atomic mass is 10.1. The Morgan fingerprint density at radius 1 is 1.35 bits per heavy atom. The Kier molecular flexibility index (Phi) is 6.07. The minimum absolute atomic E-state index is 0.0183. The Hall–Kier alpha value is -2.00. The average molecular weight is 285 g/mol. The van der Waals surface area contributed by atoms with E-state index in [4.69, 9.17) is 5.11 Å². The van der Waals surface area contributed by atoms with Crippen molar-refractivity contribution in [1.82, 2.24) is 5.32 Å². The number of alkyl halides is 3. The molecule has 1 rings (SSSR count). The summed E-state index contributed by atoms with van der Waals surface area (Å²) in [7, 11) is 0. The molecule has 3 nitrogen and oxygen atoms in total. The topological polar surface area (TPSA) is 49.3 Å². The fourth-order valence-electron chi connectivity index (χ4n) is 1.42. The maximum atomic E-state index is 12.0. The first-order valence-corrected chi connectivity index (χ1v) is 5.93. The molecular weight excluding hydrogens is 271 g/mol. The van der Waals surface area contributed by atoms with Gasteiger partial charge in [-0.15, -0.1) is 0 Å². The lowest BCUT2D eigenvalue weighted by Gasteiger charge is -2.08. The summed E-state index contributed by atoms with van der Waals surface area (Å²) in [4.78, 5) is 11.0. The lowest BCUT2D eigenvalue weighted by molar-refractivity contribution is -0.153. The molecule has 6 heteroatoms. The molecule has 0 fully saturated rings. The highest BCUT2D eigenvalue weighted by molar-refractivity contribution is 5.76. The Morgan fingerprint density at radius 2 is 2.10 bits per heavy atom. The van der Waals surface area contributed by atoms with E-state index >= 15 is 0 Å². The van der Waals surface area contributed by atoms with Crippen molar-refractivity contribution < 1.29 is 23.1 Å². The van der Waals surface area contributed by atoms with Crippen LogP contribution in [-0.2, 0) is 11.3 Å². The first kappa shape index (κ1) is 16.1. The smallest absolute Gasteiger partial charge is 0.395 e. The maximum absolute atomic E-state index is 12.0. The molecule has 1 amide bonds. The third kappa shape index (κ3) is 6.81. The first-order chi connectivity index (χ1) is 9.40. The van der Waals surface area contributed by atoms with Gasteiger partial charge in [-0.3, -0.25) is 4.79 Å². The van der Waals surface area contributed by atoms with Gasteiger partial charge in [0.15, 0.2) is 0 Å². The summed E-state index contributed by atoms with van der Waals surface area (Å²) in [5.41, 5.74) is 1.34. The molecule has 1 aromatic carbocycles. The SMILES string of the molecule is O=C(CC(F)(F)F)NCc1cccc(C#CCCO)c1. The van der Waals surface area contributed by atoms with E-state index in [1.807, 2.05) is 0 Å². The van der Waals surface area contributed by atoms with Crippen LogP contribution < -0.4 is 5.32 Å². The van der Waals surface area contributed by atoms with Gasteiger partial charge in [0.05, 0.1) is 6.61 Å². The van der Waals surface area contributed by atoms with Crippen LogP contribution in [0.15, 0.2) is 24.3 Å². The molecule has 108 valence electrons. The number of rotatable bonds is 4. The standard InChI is InChI=1S/C14H14F3NO2/c15-14(16,17)9-13(20)18-10-12-6-3-5-11(8-12)4-1-2-7-19/h3,5-6,8,19H,2,7,9-10H2,(H,18,20). The zero-order valence-corrected chi connectivity index (χ0v) is 10.6. The number of aliphatic hydroxyl groups excluding tert-OH is 1. The van der Waals surface area contributed by atoms with Crippen molar-refractivity contribution >= 4 is 5.91 Å². The van der Waals surface area contributed by atoms with Crippen molar-refractivity contribution in [3.63, 3.8) is 0 Å². The highest BCUT2D eigenvalue weighted by Crippen LogP contribution is 2.19. The van der Waals surface area contributed by atoms with E-state index in [1.54, 1.807) is 24.3 Å². The predicted molar refractivity (Wildman–Crippen MR) is 67.5 cm³/mol. The normalized spacial score (nSPS) is 10.6. The van der Waals surface area contributed by atoms with E-state index in [9.17, 15) is 18.0 Å². The molecule has 0 unspecified atom stereocenters. The number of hydrogen-bond donors (Lipinski definition) is 2. The molecule has 0 bridgehead atoms. The van der Waals surface area contributed by atoms with Gasteiger partial charge >= 0.3 is 6.18 Å². The van der Waals surface area contributed by atoms with E-state index in [0.29, 0.717) is 17.5 Å². The minimum Gasteiger partial charge on any atom is -0.395 e. The fraction of sp³-hybridized carbons (Fsp3) is 0.357. The largest absolute Gasteiger partial charge is 0.397 e. The van der Waals surface area contributed by atoms with Crippen molar-refractivity contribution in [2.24, 2.45) is 0 Å². The number of nitrogens with one attached hydrogen (secondary N) is 1. The van der Waals surface area contributed by atoms with Crippen LogP contribution in [0.2, 0.25) is 0 Å². The third-order valence-electron chi connectivity index (χ3n) is 2.25. The quantitative estimate of drug-likeness (QED) is 0.831. The van der Waals surface area contributed by atoms with Crippen molar-refractivity contribution in [3.05, 3.63) is 35.4 Å². The van der Waals surface area contributed by atoms with Crippen LogP contribution in [0.25, 0.3) is 0 Å². The molecule has 2 N–H and O–H groups in total.